The molecule has 0 unspecified atom stereocenters. The van der Waals surface area contributed by atoms with Crippen molar-refractivity contribution in [3.63, 3.8) is 0 Å². The van der Waals surface area contributed by atoms with Crippen molar-refractivity contribution >= 4 is 0 Å². The molecule has 128 valence electrons. The number of hydrogen-bond donors (Lipinski definition) is 1. The van der Waals surface area contributed by atoms with Crippen LogP contribution in [0, 0.1) is 0 Å². The maximum Gasteiger partial charge on any atom is 0.401 e. The van der Waals surface area contributed by atoms with Crippen LogP contribution >= 0.6 is 0 Å². The first-order valence-corrected chi connectivity index (χ1v) is 8.01. The number of likely N-dealkylation sites (tertiary alicyclic amines) is 1. The predicted octanol–water partition coefficient (Wildman–Crippen LogP) is 3.40. The summed E-state index contributed by atoms with van der Waals surface area (Å²) in [4.78, 5) is 5.51. The number of halogens is 3. The van der Waals surface area contributed by atoms with Crippen LogP contribution in [0.1, 0.15) is 23.6 Å². The number of rotatable bonds is 5. The molecule has 0 radical (unpaired) electrons. The molecule has 1 fully saturated rings. The van der Waals surface area contributed by atoms with E-state index in [9.17, 15) is 13.2 Å². The molecule has 0 spiro atoms. The largest absolute Gasteiger partial charge is 0.401 e. The molecule has 6 heteroatoms. The average molecular weight is 335 g/mol. The second kappa shape index (κ2) is 7.32. The number of nitrogens with one attached hydrogen (secondary N) is 1. The van der Waals surface area contributed by atoms with E-state index in [1.54, 1.807) is 12.4 Å². The van der Waals surface area contributed by atoms with Crippen LogP contribution in [-0.2, 0) is 0 Å². The van der Waals surface area contributed by atoms with Gasteiger partial charge in [-0.15, -0.1) is 0 Å². The summed E-state index contributed by atoms with van der Waals surface area (Å²) in [7, 11) is 0. The highest BCUT2D eigenvalue weighted by molar-refractivity contribution is 5.30. The van der Waals surface area contributed by atoms with E-state index < -0.39 is 12.7 Å². The van der Waals surface area contributed by atoms with Crippen molar-refractivity contribution in [2.24, 2.45) is 0 Å². The molecule has 2 aromatic rings. The maximum atomic E-state index is 12.6. The molecule has 0 saturated carbocycles. The van der Waals surface area contributed by atoms with Crippen molar-refractivity contribution < 1.29 is 13.2 Å². The van der Waals surface area contributed by atoms with E-state index in [0.29, 0.717) is 19.5 Å². The van der Waals surface area contributed by atoms with Crippen LogP contribution in [-0.4, -0.2) is 41.7 Å². The molecular formula is C18H20F3N3. The molecule has 0 aliphatic carbocycles. The van der Waals surface area contributed by atoms with E-state index in [4.69, 9.17) is 0 Å². The van der Waals surface area contributed by atoms with Gasteiger partial charge >= 0.3 is 6.18 Å². The molecule has 24 heavy (non-hydrogen) atoms. The summed E-state index contributed by atoms with van der Waals surface area (Å²) in [5.41, 5.74) is 2.16. The van der Waals surface area contributed by atoms with Gasteiger partial charge in [-0.25, -0.2) is 0 Å². The Hall–Kier alpha value is -1.92. The van der Waals surface area contributed by atoms with Crippen LogP contribution < -0.4 is 5.32 Å². The van der Waals surface area contributed by atoms with Crippen LogP contribution in [0.4, 0.5) is 13.2 Å². The summed E-state index contributed by atoms with van der Waals surface area (Å²) in [6.45, 7) is 0.0411. The highest BCUT2D eigenvalue weighted by Gasteiger charge is 2.35. The van der Waals surface area contributed by atoms with Crippen molar-refractivity contribution in [2.45, 2.75) is 24.7 Å². The molecule has 1 aromatic heterocycles. The highest BCUT2D eigenvalue weighted by Crippen LogP contribution is 2.25. The Bertz CT molecular complexity index is 591. The fourth-order valence-corrected chi connectivity index (χ4v) is 3.19. The van der Waals surface area contributed by atoms with E-state index >= 15 is 0 Å². The van der Waals surface area contributed by atoms with Crippen LogP contribution in [0.3, 0.4) is 0 Å². The Kier molecular flexibility index (Phi) is 5.16. The van der Waals surface area contributed by atoms with Gasteiger partial charge in [-0.3, -0.25) is 9.88 Å². The van der Waals surface area contributed by atoms with Crippen molar-refractivity contribution in [1.82, 2.24) is 15.2 Å². The molecule has 3 rings (SSSR count). The number of benzene rings is 1. The predicted molar refractivity (Wildman–Crippen MR) is 86.6 cm³/mol. The third-order valence-electron chi connectivity index (χ3n) is 4.25. The average Bonchev–Trinajstić information content (AvgIpc) is 2.99. The third kappa shape index (κ3) is 4.55. The Balaban J connectivity index is 1.72. The maximum absolute atomic E-state index is 12.6. The van der Waals surface area contributed by atoms with Gasteiger partial charge in [0.15, 0.2) is 0 Å². The first-order valence-electron chi connectivity index (χ1n) is 8.01. The van der Waals surface area contributed by atoms with Gasteiger partial charge in [0.05, 0.1) is 12.6 Å². The van der Waals surface area contributed by atoms with Crippen molar-refractivity contribution in [2.75, 3.05) is 19.6 Å². The molecule has 1 aliphatic heterocycles. The van der Waals surface area contributed by atoms with Crippen molar-refractivity contribution in [3.8, 4) is 0 Å². The zero-order valence-corrected chi connectivity index (χ0v) is 13.2. The first kappa shape index (κ1) is 16.9. The minimum Gasteiger partial charge on any atom is -0.302 e. The smallest absolute Gasteiger partial charge is 0.302 e. The van der Waals surface area contributed by atoms with Gasteiger partial charge in [-0.05, 0) is 29.7 Å². The molecule has 1 aromatic carbocycles. The van der Waals surface area contributed by atoms with Gasteiger partial charge in [-0.1, -0.05) is 30.3 Å². The standard InChI is InChI=1S/C18H20F3N3/c19-18(20,21)13-24-11-8-16(12-24)23-17(14-4-2-1-3-5-14)15-6-9-22-10-7-15/h1-7,9-10,16-17,23H,8,11-13H2/t16-,17-/m1/s1. The Labute approximate surface area is 139 Å². The summed E-state index contributed by atoms with van der Waals surface area (Å²) in [5.74, 6) is 0. The van der Waals surface area contributed by atoms with E-state index in [0.717, 1.165) is 11.1 Å². The monoisotopic (exact) mass is 335 g/mol. The number of nitrogens with zero attached hydrogens (tertiary/aromatic N) is 2. The van der Waals surface area contributed by atoms with Crippen LogP contribution in [0.2, 0.25) is 0 Å². The number of aromatic nitrogens is 1. The third-order valence-corrected chi connectivity index (χ3v) is 4.25. The summed E-state index contributed by atoms with van der Waals surface area (Å²) in [6.07, 6.45) is 0.0401. The summed E-state index contributed by atoms with van der Waals surface area (Å²) in [6, 6.07) is 13.8. The van der Waals surface area contributed by atoms with Crippen molar-refractivity contribution in [1.29, 1.82) is 0 Å². The second-order valence-corrected chi connectivity index (χ2v) is 6.13. The van der Waals surface area contributed by atoms with E-state index in [2.05, 4.69) is 10.3 Å². The minimum atomic E-state index is -4.14. The molecule has 1 saturated heterocycles. The lowest BCUT2D eigenvalue weighted by Gasteiger charge is -2.24. The molecule has 1 N–H and O–H groups in total. The summed E-state index contributed by atoms with van der Waals surface area (Å²) < 4.78 is 37.7. The number of hydrogen-bond acceptors (Lipinski definition) is 3. The van der Waals surface area contributed by atoms with Gasteiger partial charge in [0, 0.05) is 31.5 Å². The van der Waals surface area contributed by atoms with E-state index in [-0.39, 0.29) is 12.1 Å². The van der Waals surface area contributed by atoms with Gasteiger partial charge in [0.2, 0.25) is 0 Å². The topological polar surface area (TPSA) is 28.2 Å². The molecule has 0 amide bonds. The quantitative estimate of drug-likeness (QED) is 0.908. The number of pyridine rings is 1. The Morgan fingerprint density at radius 1 is 1.08 bits per heavy atom. The normalized spacial score (nSPS) is 20.2. The van der Waals surface area contributed by atoms with Gasteiger partial charge in [0.1, 0.15) is 0 Å². The zero-order chi connectivity index (χ0) is 17.0. The Morgan fingerprint density at radius 3 is 2.42 bits per heavy atom. The lowest BCUT2D eigenvalue weighted by atomic mass is 9.98. The molecule has 3 nitrogen and oxygen atoms in total. The second-order valence-electron chi connectivity index (χ2n) is 6.13. The van der Waals surface area contributed by atoms with Crippen LogP contribution in [0.5, 0.6) is 0 Å². The van der Waals surface area contributed by atoms with E-state index in [1.165, 1.54) is 4.90 Å². The first-order chi connectivity index (χ1) is 11.5. The summed E-state index contributed by atoms with van der Waals surface area (Å²) in [5, 5.41) is 3.53. The van der Waals surface area contributed by atoms with Crippen molar-refractivity contribution in [3.05, 3.63) is 66.0 Å². The Morgan fingerprint density at radius 2 is 1.75 bits per heavy atom. The van der Waals surface area contributed by atoms with E-state index in [1.807, 2.05) is 42.5 Å². The SMILES string of the molecule is FC(F)(F)CN1CC[C@@H](N[C@H](c2ccccc2)c2ccncc2)C1. The minimum absolute atomic E-state index is 0.0331. The van der Waals surface area contributed by atoms with Crippen LogP contribution in [0.15, 0.2) is 54.9 Å². The van der Waals surface area contributed by atoms with Gasteiger partial charge in [0.25, 0.3) is 0 Å². The lowest BCUT2D eigenvalue weighted by molar-refractivity contribution is -0.143. The highest BCUT2D eigenvalue weighted by atomic mass is 19.4. The molecule has 0 bridgehead atoms. The number of alkyl halides is 3. The summed E-state index contributed by atoms with van der Waals surface area (Å²) >= 11 is 0. The molecule has 1 aliphatic rings. The lowest BCUT2D eigenvalue weighted by Crippen LogP contribution is -2.38. The molecule has 2 heterocycles. The zero-order valence-electron chi connectivity index (χ0n) is 13.2. The van der Waals surface area contributed by atoms with Crippen LogP contribution in [0.25, 0.3) is 0 Å². The molecule has 2 atom stereocenters. The van der Waals surface area contributed by atoms with Gasteiger partial charge in [-0.2, -0.15) is 13.2 Å². The fourth-order valence-electron chi connectivity index (χ4n) is 3.19. The van der Waals surface area contributed by atoms with Gasteiger partial charge < -0.3 is 5.32 Å². The fraction of sp³-hybridized carbons (Fsp3) is 0.389. The molecular weight excluding hydrogens is 315 g/mol.